The molecule has 1 aromatic rings. The summed E-state index contributed by atoms with van der Waals surface area (Å²) in [6, 6.07) is 3.83. The van der Waals surface area contributed by atoms with Crippen LogP contribution in [0.3, 0.4) is 0 Å². The highest BCUT2D eigenvalue weighted by Crippen LogP contribution is 2.40. The van der Waals surface area contributed by atoms with E-state index in [9.17, 15) is 4.79 Å². The van der Waals surface area contributed by atoms with E-state index < -0.39 is 0 Å². The van der Waals surface area contributed by atoms with Crippen LogP contribution in [-0.2, 0) is 15.9 Å². The summed E-state index contributed by atoms with van der Waals surface area (Å²) in [5.74, 6) is 0.0691. The van der Waals surface area contributed by atoms with Crippen LogP contribution in [0.4, 0.5) is 0 Å². The summed E-state index contributed by atoms with van der Waals surface area (Å²) in [5.41, 5.74) is 1.62. The first kappa shape index (κ1) is 16.4. The maximum atomic E-state index is 12.8. The van der Waals surface area contributed by atoms with E-state index >= 15 is 0 Å². The number of amides is 1. The summed E-state index contributed by atoms with van der Waals surface area (Å²) < 4.78 is 11.4. The van der Waals surface area contributed by atoms with Gasteiger partial charge in [0.15, 0.2) is 0 Å². The molecule has 5 heteroatoms. The first-order chi connectivity index (χ1) is 11.2. The lowest BCUT2D eigenvalue weighted by molar-refractivity contribution is -0.142. The Morgan fingerprint density at radius 1 is 1.52 bits per heavy atom. The van der Waals surface area contributed by atoms with Crippen molar-refractivity contribution in [1.29, 1.82) is 0 Å². The number of carbonyl (C=O) groups is 1. The van der Waals surface area contributed by atoms with Crippen molar-refractivity contribution in [1.82, 2.24) is 9.88 Å². The lowest BCUT2D eigenvalue weighted by Gasteiger charge is -2.50. The normalized spacial score (nSPS) is 27.6. The molecule has 0 radical (unpaired) electrons. The van der Waals surface area contributed by atoms with Gasteiger partial charge >= 0.3 is 0 Å². The summed E-state index contributed by atoms with van der Waals surface area (Å²) in [4.78, 5) is 19.1. The van der Waals surface area contributed by atoms with Crippen molar-refractivity contribution in [3.8, 4) is 0 Å². The van der Waals surface area contributed by atoms with Gasteiger partial charge in [0, 0.05) is 44.1 Å². The molecule has 1 aromatic heterocycles. The lowest BCUT2D eigenvalue weighted by Crippen LogP contribution is -2.58. The molecular formula is C18H26N2O3. The van der Waals surface area contributed by atoms with Gasteiger partial charge in [0.05, 0.1) is 18.3 Å². The molecule has 2 aliphatic rings. The van der Waals surface area contributed by atoms with Crippen molar-refractivity contribution in [2.45, 2.75) is 38.7 Å². The number of methoxy groups -OCH3 is 1. The summed E-state index contributed by atoms with van der Waals surface area (Å²) in [5, 5.41) is 0. The molecule has 126 valence electrons. The van der Waals surface area contributed by atoms with Crippen molar-refractivity contribution >= 4 is 5.91 Å². The predicted molar refractivity (Wildman–Crippen MR) is 87.4 cm³/mol. The predicted octanol–water partition coefficient (Wildman–Crippen LogP) is 2.30. The number of aromatic nitrogens is 1. The maximum absolute atomic E-state index is 12.8. The molecule has 0 saturated carbocycles. The van der Waals surface area contributed by atoms with Crippen LogP contribution in [0.15, 0.2) is 18.3 Å². The van der Waals surface area contributed by atoms with Gasteiger partial charge in [-0.25, -0.2) is 0 Å². The van der Waals surface area contributed by atoms with Gasteiger partial charge in [-0.2, -0.15) is 0 Å². The van der Waals surface area contributed by atoms with Crippen LogP contribution < -0.4 is 0 Å². The van der Waals surface area contributed by atoms with Crippen LogP contribution in [0.1, 0.15) is 42.2 Å². The fourth-order valence-corrected chi connectivity index (χ4v) is 3.90. The largest absolute Gasteiger partial charge is 0.384 e. The molecule has 0 aliphatic carbocycles. The fourth-order valence-electron chi connectivity index (χ4n) is 3.90. The quantitative estimate of drug-likeness (QED) is 0.855. The molecule has 23 heavy (non-hydrogen) atoms. The van der Waals surface area contributed by atoms with Crippen LogP contribution in [0.25, 0.3) is 0 Å². The van der Waals surface area contributed by atoms with E-state index in [1.54, 1.807) is 13.3 Å². The van der Waals surface area contributed by atoms with E-state index in [2.05, 4.69) is 11.9 Å². The average molecular weight is 318 g/mol. The third-order valence-electron chi connectivity index (χ3n) is 5.14. The zero-order valence-electron chi connectivity index (χ0n) is 14.1. The Kier molecular flexibility index (Phi) is 4.97. The Morgan fingerprint density at radius 3 is 3.09 bits per heavy atom. The molecule has 1 amide bonds. The number of piperidine rings is 1. The zero-order chi connectivity index (χ0) is 16.3. The molecular weight excluding hydrogens is 292 g/mol. The molecule has 2 fully saturated rings. The van der Waals surface area contributed by atoms with Crippen LogP contribution in [0.5, 0.6) is 0 Å². The molecule has 0 aromatic carbocycles. The van der Waals surface area contributed by atoms with Crippen LogP contribution in [0, 0.1) is 5.41 Å². The Labute approximate surface area is 138 Å². The molecule has 3 heterocycles. The number of hydrogen-bond donors (Lipinski definition) is 0. The molecule has 2 aliphatic heterocycles. The molecule has 0 spiro atoms. The number of nitrogens with zero attached hydrogens (tertiary/aromatic N) is 2. The Bertz CT molecular complexity index is 542. The van der Waals surface area contributed by atoms with Gasteiger partial charge in [-0.05, 0) is 37.8 Å². The van der Waals surface area contributed by atoms with Gasteiger partial charge in [-0.1, -0.05) is 6.92 Å². The Morgan fingerprint density at radius 2 is 2.39 bits per heavy atom. The second-order valence-corrected chi connectivity index (χ2v) is 6.67. The number of hydrogen-bond acceptors (Lipinski definition) is 4. The van der Waals surface area contributed by atoms with Crippen molar-refractivity contribution in [3.05, 3.63) is 29.6 Å². The summed E-state index contributed by atoms with van der Waals surface area (Å²) in [6.45, 7) is 4.98. The second-order valence-electron chi connectivity index (χ2n) is 6.67. The number of ether oxygens (including phenoxy) is 2. The van der Waals surface area contributed by atoms with Crippen molar-refractivity contribution < 1.29 is 14.3 Å². The van der Waals surface area contributed by atoms with Crippen molar-refractivity contribution in [2.75, 3.05) is 33.4 Å². The van der Waals surface area contributed by atoms with Crippen LogP contribution >= 0.6 is 0 Å². The minimum absolute atomic E-state index is 0.0578. The molecule has 2 unspecified atom stereocenters. The average Bonchev–Trinajstić information content (AvgIpc) is 2.60. The molecule has 3 rings (SSSR count). The monoisotopic (exact) mass is 318 g/mol. The molecule has 2 atom stereocenters. The molecule has 5 nitrogen and oxygen atoms in total. The number of fused-ring (bicyclic) bond motifs is 1. The number of pyridine rings is 1. The zero-order valence-corrected chi connectivity index (χ0v) is 14.1. The van der Waals surface area contributed by atoms with E-state index in [1.165, 1.54) is 0 Å². The third kappa shape index (κ3) is 3.26. The first-order valence-corrected chi connectivity index (χ1v) is 8.53. The Balaban J connectivity index is 1.76. The van der Waals surface area contributed by atoms with Crippen molar-refractivity contribution in [3.63, 3.8) is 0 Å². The SMILES string of the molecule is CCc1ccc(C(=O)N2CCC3OCCCC3(COC)C2)cn1. The highest BCUT2D eigenvalue weighted by Gasteiger charge is 2.47. The summed E-state index contributed by atoms with van der Waals surface area (Å²) >= 11 is 0. The highest BCUT2D eigenvalue weighted by molar-refractivity contribution is 5.94. The maximum Gasteiger partial charge on any atom is 0.255 e. The van der Waals surface area contributed by atoms with Gasteiger partial charge in [0.1, 0.15) is 0 Å². The van der Waals surface area contributed by atoms with E-state index in [-0.39, 0.29) is 17.4 Å². The second kappa shape index (κ2) is 6.97. The minimum atomic E-state index is -0.0578. The first-order valence-electron chi connectivity index (χ1n) is 8.53. The summed E-state index contributed by atoms with van der Waals surface area (Å²) in [6.07, 6.45) is 5.77. The highest BCUT2D eigenvalue weighted by atomic mass is 16.5. The van der Waals surface area contributed by atoms with Gasteiger partial charge in [-0.3, -0.25) is 9.78 Å². The standard InChI is InChI=1S/C18H26N2O3/c1-3-15-6-5-14(11-19-15)17(21)20-9-7-16-18(12-20,13-22-2)8-4-10-23-16/h5-6,11,16H,3-4,7-10,12-13H2,1-2H3. The van der Waals surface area contributed by atoms with E-state index in [0.717, 1.165) is 44.5 Å². The number of likely N-dealkylation sites (tertiary alicyclic amines) is 1. The van der Waals surface area contributed by atoms with Gasteiger partial charge in [0.2, 0.25) is 0 Å². The number of carbonyl (C=O) groups excluding carboxylic acids is 1. The lowest BCUT2D eigenvalue weighted by atomic mass is 9.73. The van der Waals surface area contributed by atoms with E-state index in [1.807, 2.05) is 17.0 Å². The van der Waals surface area contributed by atoms with E-state index in [4.69, 9.17) is 9.47 Å². The van der Waals surface area contributed by atoms with Crippen molar-refractivity contribution in [2.24, 2.45) is 5.41 Å². The van der Waals surface area contributed by atoms with E-state index in [0.29, 0.717) is 18.7 Å². The minimum Gasteiger partial charge on any atom is -0.384 e. The molecule has 0 N–H and O–H groups in total. The fraction of sp³-hybridized carbons (Fsp3) is 0.667. The topological polar surface area (TPSA) is 51.7 Å². The molecule has 2 saturated heterocycles. The third-order valence-corrected chi connectivity index (χ3v) is 5.14. The summed E-state index contributed by atoms with van der Waals surface area (Å²) in [7, 11) is 1.73. The van der Waals surface area contributed by atoms with Gasteiger partial charge in [0.25, 0.3) is 5.91 Å². The van der Waals surface area contributed by atoms with Gasteiger partial charge < -0.3 is 14.4 Å². The van der Waals surface area contributed by atoms with Crippen LogP contribution in [0.2, 0.25) is 0 Å². The Hall–Kier alpha value is -1.46. The van der Waals surface area contributed by atoms with Crippen LogP contribution in [-0.4, -0.2) is 55.3 Å². The number of aryl methyl sites for hydroxylation is 1. The van der Waals surface area contributed by atoms with Gasteiger partial charge in [-0.15, -0.1) is 0 Å². The smallest absolute Gasteiger partial charge is 0.255 e. The number of rotatable bonds is 4. The molecule has 0 bridgehead atoms.